The second-order valence-electron chi connectivity index (χ2n) is 4.28. The summed E-state index contributed by atoms with van der Waals surface area (Å²) in [6.07, 6.45) is 0. The summed E-state index contributed by atoms with van der Waals surface area (Å²) in [5.74, 6) is 5.64. The van der Waals surface area contributed by atoms with Gasteiger partial charge in [-0.15, -0.1) is 0 Å². The van der Waals surface area contributed by atoms with Crippen molar-refractivity contribution in [3.8, 4) is 11.8 Å². The van der Waals surface area contributed by atoms with E-state index in [9.17, 15) is 8.42 Å². The Morgan fingerprint density at radius 2 is 2.20 bits per heavy atom. The number of rotatable bonds is 6. The number of hydrogen-bond donors (Lipinski definition) is 2. The molecule has 110 valence electrons. The van der Waals surface area contributed by atoms with Crippen LogP contribution in [0.4, 0.5) is 0 Å². The van der Waals surface area contributed by atoms with E-state index in [1.54, 1.807) is 6.92 Å². The molecule has 0 saturated heterocycles. The first kappa shape index (κ1) is 16.7. The zero-order valence-corrected chi connectivity index (χ0v) is 12.5. The van der Waals surface area contributed by atoms with E-state index < -0.39 is 10.0 Å². The summed E-state index contributed by atoms with van der Waals surface area (Å²) in [6, 6.07) is 7.09. The summed E-state index contributed by atoms with van der Waals surface area (Å²) in [5, 5.41) is 0. The molecule has 1 aromatic carbocycles. The molecular formula is C14H20N2O3S. The average molecular weight is 296 g/mol. The second-order valence-corrected chi connectivity index (χ2v) is 6.16. The SMILES string of the molecule is COCCS(=O)(=O)NC(C)c1cccc(C#CCN)c1. The van der Waals surface area contributed by atoms with Crippen molar-refractivity contribution in [3.63, 3.8) is 0 Å². The van der Waals surface area contributed by atoms with Gasteiger partial charge in [0.2, 0.25) is 10.0 Å². The van der Waals surface area contributed by atoms with Gasteiger partial charge in [0, 0.05) is 18.7 Å². The molecule has 0 aromatic heterocycles. The predicted octanol–water partition coefficient (Wildman–Crippen LogP) is 0.624. The average Bonchev–Trinajstić information content (AvgIpc) is 2.43. The topological polar surface area (TPSA) is 81.4 Å². The summed E-state index contributed by atoms with van der Waals surface area (Å²) in [4.78, 5) is 0. The number of methoxy groups -OCH3 is 1. The van der Waals surface area contributed by atoms with Crippen molar-refractivity contribution in [2.45, 2.75) is 13.0 Å². The maximum atomic E-state index is 11.8. The molecule has 0 aliphatic rings. The first-order valence-electron chi connectivity index (χ1n) is 6.26. The Labute approximate surface area is 120 Å². The third-order valence-corrected chi connectivity index (χ3v) is 4.05. The van der Waals surface area contributed by atoms with Gasteiger partial charge in [0.05, 0.1) is 18.9 Å². The monoisotopic (exact) mass is 296 g/mol. The van der Waals surface area contributed by atoms with Crippen molar-refractivity contribution in [1.82, 2.24) is 4.72 Å². The first-order valence-corrected chi connectivity index (χ1v) is 7.91. The van der Waals surface area contributed by atoms with Crippen LogP contribution in [0, 0.1) is 11.8 Å². The molecule has 0 saturated carbocycles. The third kappa shape index (κ3) is 5.72. The first-order chi connectivity index (χ1) is 9.48. The molecule has 0 aliphatic carbocycles. The molecule has 1 atom stereocenters. The minimum absolute atomic E-state index is 0.0550. The Kier molecular flexibility index (Phi) is 6.68. The Bertz CT molecular complexity index is 588. The normalized spacial score (nSPS) is 12.6. The Hall–Kier alpha value is -1.39. The molecule has 1 unspecified atom stereocenters. The van der Waals surface area contributed by atoms with Gasteiger partial charge in [-0.05, 0) is 24.6 Å². The van der Waals surface area contributed by atoms with Gasteiger partial charge >= 0.3 is 0 Å². The number of nitrogens with one attached hydrogen (secondary N) is 1. The molecule has 5 nitrogen and oxygen atoms in total. The van der Waals surface area contributed by atoms with Crippen LogP contribution in [-0.2, 0) is 14.8 Å². The minimum Gasteiger partial charge on any atom is -0.384 e. The molecule has 0 amide bonds. The minimum atomic E-state index is -3.35. The molecule has 0 bridgehead atoms. The fourth-order valence-electron chi connectivity index (χ4n) is 1.63. The highest BCUT2D eigenvalue weighted by Crippen LogP contribution is 2.14. The van der Waals surface area contributed by atoms with E-state index in [-0.39, 0.29) is 18.4 Å². The molecule has 0 fully saturated rings. The van der Waals surface area contributed by atoms with E-state index >= 15 is 0 Å². The molecule has 0 radical (unpaired) electrons. The maximum absolute atomic E-state index is 11.8. The highest BCUT2D eigenvalue weighted by molar-refractivity contribution is 7.89. The summed E-state index contributed by atoms with van der Waals surface area (Å²) in [7, 11) is -1.88. The quantitative estimate of drug-likeness (QED) is 0.754. The van der Waals surface area contributed by atoms with Crippen molar-refractivity contribution in [1.29, 1.82) is 0 Å². The number of hydrogen-bond acceptors (Lipinski definition) is 4. The second kappa shape index (κ2) is 8.02. The molecule has 0 heterocycles. The van der Waals surface area contributed by atoms with Gasteiger partial charge in [-0.3, -0.25) is 0 Å². The number of ether oxygens (including phenoxy) is 1. The lowest BCUT2D eigenvalue weighted by Gasteiger charge is -2.14. The van der Waals surface area contributed by atoms with Crippen molar-refractivity contribution in [2.75, 3.05) is 26.0 Å². The molecule has 0 spiro atoms. The van der Waals surface area contributed by atoms with Gasteiger partial charge in [0.1, 0.15) is 0 Å². The zero-order chi connectivity index (χ0) is 15.0. The van der Waals surface area contributed by atoms with E-state index in [0.717, 1.165) is 11.1 Å². The van der Waals surface area contributed by atoms with Crippen LogP contribution in [0.1, 0.15) is 24.1 Å². The van der Waals surface area contributed by atoms with Crippen LogP contribution >= 0.6 is 0 Å². The van der Waals surface area contributed by atoms with E-state index in [2.05, 4.69) is 16.6 Å². The van der Waals surface area contributed by atoms with Gasteiger partial charge in [-0.2, -0.15) is 0 Å². The Balaban J connectivity index is 2.79. The molecule has 6 heteroatoms. The summed E-state index contributed by atoms with van der Waals surface area (Å²) in [5.41, 5.74) is 7.00. The van der Waals surface area contributed by atoms with Crippen molar-refractivity contribution < 1.29 is 13.2 Å². The zero-order valence-electron chi connectivity index (χ0n) is 11.7. The Morgan fingerprint density at radius 1 is 1.45 bits per heavy atom. The highest BCUT2D eigenvalue weighted by Gasteiger charge is 2.15. The lowest BCUT2D eigenvalue weighted by Crippen LogP contribution is -2.30. The van der Waals surface area contributed by atoms with Gasteiger partial charge in [0.25, 0.3) is 0 Å². The molecule has 0 aliphatic heterocycles. The van der Waals surface area contributed by atoms with Gasteiger partial charge in [0.15, 0.2) is 0 Å². The van der Waals surface area contributed by atoms with Crippen LogP contribution in [0.25, 0.3) is 0 Å². The molecule has 3 N–H and O–H groups in total. The fourth-order valence-corrected chi connectivity index (χ4v) is 2.81. The van der Waals surface area contributed by atoms with Crippen LogP contribution < -0.4 is 10.5 Å². The largest absolute Gasteiger partial charge is 0.384 e. The van der Waals surface area contributed by atoms with Crippen LogP contribution in [0.15, 0.2) is 24.3 Å². The maximum Gasteiger partial charge on any atom is 0.214 e. The Morgan fingerprint density at radius 3 is 2.85 bits per heavy atom. The van der Waals surface area contributed by atoms with Crippen LogP contribution in [0.5, 0.6) is 0 Å². The van der Waals surface area contributed by atoms with Crippen LogP contribution in [-0.4, -0.2) is 34.4 Å². The molecule has 1 aromatic rings. The summed E-state index contributed by atoms with van der Waals surface area (Å²) < 4.78 is 31.0. The van der Waals surface area contributed by atoms with Gasteiger partial charge < -0.3 is 10.5 Å². The summed E-state index contributed by atoms with van der Waals surface area (Å²) in [6.45, 7) is 2.26. The fraction of sp³-hybridized carbons (Fsp3) is 0.429. The molecule has 1 rings (SSSR count). The van der Waals surface area contributed by atoms with E-state index in [1.165, 1.54) is 7.11 Å². The lowest BCUT2D eigenvalue weighted by molar-refractivity contribution is 0.216. The smallest absolute Gasteiger partial charge is 0.214 e. The van der Waals surface area contributed by atoms with E-state index in [1.807, 2.05) is 24.3 Å². The lowest BCUT2D eigenvalue weighted by atomic mass is 10.1. The summed E-state index contributed by atoms with van der Waals surface area (Å²) >= 11 is 0. The van der Waals surface area contributed by atoms with Gasteiger partial charge in [-0.25, -0.2) is 13.1 Å². The van der Waals surface area contributed by atoms with Crippen LogP contribution in [0.3, 0.4) is 0 Å². The third-order valence-electron chi connectivity index (χ3n) is 2.63. The predicted molar refractivity (Wildman–Crippen MR) is 79.6 cm³/mol. The van der Waals surface area contributed by atoms with E-state index in [4.69, 9.17) is 10.5 Å². The highest BCUT2D eigenvalue weighted by atomic mass is 32.2. The van der Waals surface area contributed by atoms with Crippen molar-refractivity contribution >= 4 is 10.0 Å². The van der Waals surface area contributed by atoms with Crippen LogP contribution in [0.2, 0.25) is 0 Å². The molecular weight excluding hydrogens is 276 g/mol. The number of benzene rings is 1. The van der Waals surface area contributed by atoms with Crippen molar-refractivity contribution in [2.24, 2.45) is 5.73 Å². The standard InChI is InChI=1S/C14H20N2O3S/c1-12(16-20(17,18)10-9-19-2)14-7-3-5-13(11-14)6-4-8-15/h3,5,7,11-12,16H,8-10,15H2,1-2H3. The number of nitrogens with two attached hydrogens (primary N) is 1. The molecule has 20 heavy (non-hydrogen) atoms. The van der Waals surface area contributed by atoms with Crippen molar-refractivity contribution in [3.05, 3.63) is 35.4 Å². The van der Waals surface area contributed by atoms with Gasteiger partial charge in [-0.1, -0.05) is 24.0 Å². The van der Waals surface area contributed by atoms with E-state index in [0.29, 0.717) is 6.54 Å². The number of sulfonamides is 1.